The van der Waals surface area contributed by atoms with E-state index in [1.807, 2.05) is 0 Å². The van der Waals surface area contributed by atoms with E-state index in [2.05, 4.69) is 11.5 Å². The average molecular weight is 465 g/mol. The number of phenolic OH excluding ortho intramolecular Hbond substituents is 1. The molecule has 2 aliphatic rings. The normalized spacial score (nSPS) is 20.5. The Bertz CT molecular complexity index is 1070. The van der Waals surface area contributed by atoms with E-state index in [4.69, 9.17) is 9.47 Å². The Labute approximate surface area is 198 Å². The van der Waals surface area contributed by atoms with Gasteiger partial charge in [0.2, 0.25) is 0 Å². The standard InChI is InChI=1S/C26H28N2O6/c1-2-15-34-21-9-5-19(6-10-21)24(30)22-23(18-3-7-20(29)8-4-18)28(26(32)25(22)31)12-11-27-13-16-33-17-14-27/h2-10,23,29-30H,1,11-17H2/b24-22-. The first-order valence-electron chi connectivity index (χ1n) is 11.2. The highest BCUT2D eigenvalue weighted by Crippen LogP contribution is 2.39. The van der Waals surface area contributed by atoms with Crippen molar-refractivity contribution in [3.8, 4) is 11.5 Å². The van der Waals surface area contributed by atoms with Gasteiger partial charge in [0, 0.05) is 31.7 Å². The van der Waals surface area contributed by atoms with Gasteiger partial charge in [0.15, 0.2) is 0 Å². The van der Waals surface area contributed by atoms with Crippen LogP contribution in [-0.4, -0.2) is 77.7 Å². The van der Waals surface area contributed by atoms with Gasteiger partial charge in [0.1, 0.15) is 23.9 Å². The number of carbonyl (C=O) groups excluding carboxylic acids is 2. The number of ether oxygens (including phenoxy) is 2. The summed E-state index contributed by atoms with van der Waals surface area (Å²) in [4.78, 5) is 29.8. The number of benzene rings is 2. The number of hydrogen-bond acceptors (Lipinski definition) is 7. The number of morpholine rings is 1. The number of ketones is 1. The number of hydrogen-bond donors (Lipinski definition) is 2. The van der Waals surface area contributed by atoms with Crippen molar-refractivity contribution in [1.29, 1.82) is 0 Å². The van der Waals surface area contributed by atoms with Crippen molar-refractivity contribution >= 4 is 17.4 Å². The first-order chi connectivity index (χ1) is 16.5. The molecule has 1 atom stereocenters. The maximum Gasteiger partial charge on any atom is 0.295 e. The molecule has 0 spiro atoms. The zero-order valence-corrected chi connectivity index (χ0v) is 18.9. The van der Waals surface area contributed by atoms with E-state index in [9.17, 15) is 19.8 Å². The third kappa shape index (κ3) is 4.98. The Morgan fingerprint density at radius 1 is 1.06 bits per heavy atom. The second-order valence-corrected chi connectivity index (χ2v) is 8.16. The molecule has 2 aromatic rings. The molecule has 8 heteroatoms. The fourth-order valence-corrected chi connectivity index (χ4v) is 4.21. The van der Waals surface area contributed by atoms with Crippen LogP contribution in [0.4, 0.5) is 0 Å². The fourth-order valence-electron chi connectivity index (χ4n) is 4.21. The van der Waals surface area contributed by atoms with Gasteiger partial charge in [-0.2, -0.15) is 0 Å². The minimum absolute atomic E-state index is 0.0254. The highest BCUT2D eigenvalue weighted by atomic mass is 16.5. The van der Waals surface area contributed by atoms with Gasteiger partial charge in [-0.05, 0) is 42.0 Å². The Morgan fingerprint density at radius 3 is 2.38 bits per heavy atom. The molecule has 2 aliphatic heterocycles. The van der Waals surface area contributed by atoms with E-state index in [1.54, 1.807) is 42.5 Å². The van der Waals surface area contributed by atoms with Gasteiger partial charge in [0.05, 0.1) is 24.8 Å². The topological polar surface area (TPSA) is 99.5 Å². The van der Waals surface area contributed by atoms with Crippen LogP contribution in [0.5, 0.6) is 11.5 Å². The SMILES string of the molecule is C=CCOc1ccc(/C(O)=C2/C(=O)C(=O)N(CCN3CCOCC3)C2c2ccc(O)cc2)cc1. The largest absolute Gasteiger partial charge is 0.508 e. The molecule has 178 valence electrons. The van der Waals surface area contributed by atoms with E-state index < -0.39 is 17.7 Å². The number of nitrogens with zero attached hydrogens (tertiary/aromatic N) is 2. The number of phenols is 1. The summed E-state index contributed by atoms with van der Waals surface area (Å²) in [6, 6.07) is 12.2. The molecular weight excluding hydrogens is 436 g/mol. The lowest BCUT2D eigenvalue weighted by atomic mass is 9.95. The van der Waals surface area contributed by atoms with Gasteiger partial charge < -0.3 is 24.6 Å². The van der Waals surface area contributed by atoms with Crippen LogP contribution in [0.25, 0.3) is 5.76 Å². The molecule has 0 saturated carbocycles. The van der Waals surface area contributed by atoms with Crippen LogP contribution < -0.4 is 4.74 Å². The van der Waals surface area contributed by atoms with Crippen molar-refractivity contribution in [2.24, 2.45) is 0 Å². The first kappa shape index (κ1) is 23.5. The van der Waals surface area contributed by atoms with Crippen molar-refractivity contribution in [2.75, 3.05) is 46.0 Å². The molecule has 8 nitrogen and oxygen atoms in total. The molecule has 1 amide bonds. The van der Waals surface area contributed by atoms with Gasteiger partial charge in [-0.1, -0.05) is 24.8 Å². The molecule has 2 N–H and O–H groups in total. The van der Waals surface area contributed by atoms with Crippen LogP contribution in [0, 0.1) is 0 Å². The van der Waals surface area contributed by atoms with E-state index >= 15 is 0 Å². The fraction of sp³-hybridized carbons (Fsp3) is 0.308. The third-order valence-corrected chi connectivity index (χ3v) is 6.01. The number of amides is 1. The molecule has 2 aromatic carbocycles. The lowest BCUT2D eigenvalue weighted by Crippen LogP contribution is -2.42. The van der Waals surface area contributed by atoms with Gasteiger partial charge in [0.25, 0.3) is 11.7 Å². The summed E-state index contributed by atoms with van der Waals surface area (Å²) in [5.74, 6) is -0.967. The lowest BCUT2D eigenvalue weighted by Gasteiger charge is -2.31. The second kappa shape index (κ2) is 10.5. The monoisotopic (exact) mass is 464 g/mol. The number of Topliss-reactive ketones (excluding diaryl/α,β-unsaturated/α-hetero) is 1. The number of aliphatic hydroxyl groups excluding tert-OH is 1. The quantitative estimate of drug-likeness (QED) is 0.268. The van der Waals surface area contributed by atoms with Crippen LogP contribution in [-0.2, 0) is 14.3 Å². The van der Waals surface area contributed by atoms with Gasteiger partial charge >= 0.3 is 0 Å². The molecule has 2 heterocycles. The Morgan fingerprint density at radius 2 is 1.74 bits per heavy atom. The molecule has 2 fully saturated rings. The van der Waals surface area contributed by atoms with Crippen LogP contribution in [0.2, 0.25) is 0 Å². The molecule has 2 saturated heterocycles. The summed E-state index contributed by atoms with van der Waals surface area (Å²) in [5.41, 5.74) is 1.06. The number of aromatic hydroxyl groups is 1. The molecule has 0 aliphatic carbocycles. The van der Waals surface area contributed by atoms with Crippen LogP contribution >= 0.6 is 0 Å². The summed E-state index contributed by atoms with van der Waals surface area (Å²) in [5, 5.41) is 20.9. The van der Waals surface area contributed by atoms with Crippen molar-refractivity contribution in [2.45, 2.75) is 6.04 Å². The van der Waals surface area contributed by atoms with Crippen molar-refractivity contribution in [3.63, 3.8) is 0 Å². The summed E-state index contributed by atoms with van der Waals surface area (Å²) < 4.78 is 10.9. The molecular formula is C26H28N2O6. The van der Waals surface area contributed by atoms with E-state index in [0.29, 0.717) is 49.8 Å². The van der Waals surface area contributed by atoms with E-state index in [0.717, 1.165) is 13.1 Å². The summed E-state index contributed by atoms with van der Waals surface area (Å²) in [7, 11) is 0. The summed E-state index contributed by atoms with van der Waals surface area (Å²) in [6.45, 7) is 7.64. The Hall–Kier alpha value is -3.62. The molecule has 34 heavy (non-hydrogen) atoms. The molecule has 0 bridgehead atoms. The molecule has 4 rings (SSSR count). The zero-order chi connectivity index (χ0) is 24.1. The average Bonchev–Trinajstić information content (AvgIpc) is 3.12. The van der Waals surface area contributed by atoms with Gasteiger partial charge in [-0.3, -0.25) is 14.5 Å². The smallest absolute Gasteiger partial charge is 0.295 e. The maximum atomic E-state index is 13.1. The third-order valence-electron chi connectivity index (χ3n) is 6.01. The molecule has 0 radical (unpaired) electrons. The van der Waals surface area contributed by atoms with Crippen LogP contribution in [0.15, 0.2) is 66.8 Å². The summed E-state index contributed by atoms with van der Waals surface area (Å²) >= 11 is 0. The maximum absolute atomic E-state index is 13.1. The number of rotatable bonds is 8. The highest BCUT2D eigenvalue weighted by Gasteiger charge is 2.46. The second-order valence-electron chi connectivity index (χ2n) is 8.16. The zero-order valence-electron chi connectivity index (χ0n) is 18.9. The van der Waals surface area contributed by atoms with E-state index in [-0.39, 0.29) is 17.1 Å². The minimum atomic E-state index is -0.765. The van der Waals surface area contributed by atoms with Crippen LogP contribution in [0.1, 0.15) is 17.2 Å². The molecule has 0 aromatic heterocycles. The lowest BCUT2D eigenvalue weighted by molar-refractivity contribution is -0.140. The van der Waals surface area contributed by atoms with Crippen molar-refractivity contribution in [1.82, 2.24) is 9.80 Å². The van der Waals surface area contributed by atoms with Crippen LogP contribution in [0.3, 0.4) is 0 Å². The predicted molar refractivity (Wildman–Crippen MR) is 127 cm³/mol. The predicted octanol–water partition coefficient (Wildman–Crippen LogP) is 2.71. The molecule has 1 unspecified atom stereocenters. The number of aliphatic hydroxyl groups is 1. The summed E-state index contributed by atoms with van der Waals surface area (Å²) in [6.07, 6.45) is 1.63. The number of likely N-dealkylation sites (tertiary alicyclic amines) is 1. The highest BCUT2D eigenvalue weighted by molar-refractivity contribution is 6.46. The Kier molecular flexibility index (Phi) is 7.30. The minimum Gasteiger partial charge on any atom is -0.508 e. The first-order valence-corrected chi connectivity index (χ1v) is 11.2. The number of carbonyl (C=O) groups is 2. The van der Waals surface area contributed by atoms with Gasteiger partial charge in [-0.15, -0.1) is 0 Å². The van der Waals surface area contributed by atoms with Crippen molar-refractivity contribution < 1.29 is 29.3 Å². The Balaban J connectivity index is 1.68. The van der Waals surface area contributed by atoms with Gasteiger partial charge in [-0.25, -0.2) is 0 Å². The van der Waals surface area contributed by atoms with Crippen molar-refractivity contribution in [3.05, 3.63) is 77.9 Å². The van der Waals surface area contributed by atoms with E-state index in [1.165, 1.54) is 17.0 Å².